The molecule has 1 aliphatic heterocycles. The minimum Gasteiger partial charge on any atom is -0.456 e. The molecule has 0 unspecified atom stereocenters. The van der Waals surface area contributed by atoms with Gasteiger partial charge in [0, 0.05) is 50.3 Å². The maximum atomic E-state index is 12.8. The number of likely N-dealkylation sites (tertiary alicyclic amines) is 1. The van der Waals surface area contributed by atoms with Crippen LogP contribution in [0.1, 0.15) is 57.9 Å². The van der Waals surface area contributed by atoms with Crippen LogP contribution < -0.4 is 0 Å². The van der Waals surface area contributed by atoms with Crippen LogP contribution in [0.3, 0.4) is 0 Å². The zero-order valence-electron chi connectivity index (χ0n) is 19.1. The van der Waals surface area contributed by atoms with Crippen LogP contribution in [0.4, 0.5) is 0 Å². The number of amides is 1. The summed E-state index contributed by atoms with van der Waals surface area (Å²) in [5.41, 5.74) is 2.27. The van der Waals surface area contributed by atoms with Gasteiger partial charge in [0.05, 0.1) is 6.54 Å². The zero-order chi connectivity index (χ0) is 22.8. The zero-order valence-corrected chi connectivity index (χ0v) is 19.1. The molecule has 1 aliphatic rings. The van der Waals surface area contributed by atoms with Crippen molar-refractivity contribution < 1.29 is 9.21 Å². The van der Waals surface area contributed by atoms with E-state index in [0.29, 0.717) is 31.3 Å². The lowest BCUT2D eigenvalue weighted by Crippen LogP contribution is -2.38. The van der Waals surface area contributed by atoms with E-state index in [4.69, 9.17) is 4.42 Å². The second-order valence-electron chi connectivity index (χ2n) is 8.79. The first kappa shape index (κ1) is 21.2. The number of hydrogen-bond acceptors (Lipinski definition) is 4. The third-order valence-corrected chi connectivity index (χ3v) is 6.58. The van der Waals surface area contributed by atoms with Crippen molar-refractivity contribution >= 4 is 5.91 Å². The lowest BCUT2D eigenvalue weighted by molar-refractivity contribution is 0.0677. The first-order chi connectivity index (χ1) is 16.1. The van der Waals surface area contributed by atoms with E-state index >= 15 is 0 Å². The molecule has 7 nitrogen and oxygen atoms in total. The predicted octanol–water partition coefficient (Wildman–Crippen LogP) is 4.41. The summed E-state index contributed by atoms with van der Waals surface area (Å²) in [6, 6.07) is 12.3. The van der Waals surface area contributed by atoms with Gasteiger partial charge in [-0.3, -0.25) is 4.79 Å². The molecule has 0 radical (unpaired) electrons. The van der Waals surface area contributed by atoms with Gasteiger partial charge in [-0.1, -0.05) is 30.3 Å². The van der Waals surface area contributed by atoms with E-state index in [1.165, 1.54) is 5.56 Å². The molecule has 1 fully saturated rings. The summed E-state index contributed by atoms with van der Waals surface area (Å²) in [4.78, 5) is 24.0. The van der Waals surface area contributed by atoms with Gasteiger partial charge in [-0.15, -0.1) is 0 Å². The third-order valence-electron chi connectivity index (χ3n) is 6.58. The highest BCUT2D eigenvalue weighted by Gasteiger charge is 2.28. The molecule has 170 valence electrons. The van der Waals surface area contributed by atoms with Crippen molar-refractivity contribution in [1.82, 2.24) is 24.0 Å². The number of hydrogen-bond donors (Lipinski definition) is 0. The number of carbonyl (C=O) groups excluding carboxylic acids is 1. The van der Waals surface area contributed by atoms with Crippen molar-refractivity contribution in [2.75, 3.05) is 13.1 Å². The molecule has 7 heteroatoms. The monoisotopic (exact) mass is 443 g/mol. The van der Waals surface area contributed by atoms with Crippen LogP contribution in [0.5, 0.6) is 0 Å². The summed E-state index contributed by atoms with van der Waals surface area (Å²) < 4.78 is 10.0. The lowest BCUT2D eigenvalue weighted by Gasteiger charge is -2.31. The first-order valence-electron chi connectivity index (χ1n) is 11.5. The molecule has 0 atom stereocenters. The predicted molar refractivity (Wildman–Crippen MR) is 125 cm³/mol. The number of piperidine rings is 1. The molecule has 3 aromatic heterocycles. The average Bonchev–Trinajstić information content (AvgIpc) is 3.56. The normalized spacial score (nSPS) is 14.7. The number of benzene rings is 1. The van der Waals surface area contributed by atoms with Crippen LogP contribution in [0.15, 0.2) is 65.6 Å². The quantitative estimate of drug-likeness (QED) is 0.443. The van der Waals surface area contributed by atoms with Crippen LogP contribution in [-0.4, -0.2) is 43.0 Å². The van der Waals surface area contributed by atoms with E-state index in [1.54, 1.807) is 0 Å². The van der Waals surface area contributed by atoms with E-state index in [-0.39, 0.29) is 5.91 Å². The van der Waals surface area contributed by atoms with Gasteiger partial charge in [-0.05, 0) is 43.9 Å². The molecule has 1 aromatic carbocycles. The van der Waals surface area contributed by atoms with Gasteiger partial charge < -0.3 is 18.5 Å². The maximum Gasteiger partial charge on any atom is 0.289 e. The Morgan fingerprint density at radius 1 is 1.00 bits per heavy atom. The summed E-state index contributed by atoms with van der Waals surface area (Å²) in [5.74, 6) is 3.63. The number of furan rings is 1. The van der Waals surface area contributed by atoms with E-state index in [0.717, 1.165) is 42.4 Å². The van der Waals surface area contributed by atoms with E-state index in [2.05, 4.69) is 43.4 Å². The second-order valence-corrected chi connectivity index (χ2v) is 8.79. The minimum atomic E-state index is -0.0177. The highest BCUT2D eigenvalue weighted by atomic mass is 16.4. The molecule has 0 aliphatic carbocycles. The van der Waals surface area contributed by atoms with Crippen molar-refractivity contribution in [3.63, 3.8) is 0 Å². The fourth-order valence-electron chi connectivity index (χ4n) is 4.56. The van der Waals surface area contributed by atoms with Gasteiger partial charge in [0.25, 0.3) is 5.91 Å². The number of carbonyl (C=O) groups is 1. The van der Waals surface area contributed by atoms with Crippen molar-refractivity contribution in [3.05, 3.63) is 95.5 Å². The first-order valence-corrected chi connectivity index (χ1v) is 11.5. The number of aromatic nitrogens is 4. The van der Waals surface area contributed by atoms with Crippen molar-refractivity contribution in [1.29, 1.82) is 0 Å². The Labute approximate surface area is 193 Å². The Bertz CT molecular complexity index is 1210. The molecule has 0 N–H and O–H groups in total. The molecule has 33 heavy (non-hydrogen) atoms. The maximum absolute atomic E-state index is 12.8. The van der Waals surface area contributed by atoms with E-state index in [9.17, 15) is 4.79 Å². The number of imidazole rings is 2. The Kier molecular flexibility index (Phi) is 5.86. The molecule has 1 amide bonds. The molecule has 4 heterocycles. The summed E-state index contributed by atoms with van der Waals surface area (Å²) in [6.07, 6.45) is 9.56. The standard InChI is InChI=1S/C26H29N5O2/c1-19-16-23(33-20(19)2)26(32)29-12-8-22(9-13-29)25-28-11-15-31(25)18-24-27-10-14-30(24)17-21-6-4-3-5-7-21/h3-7,10-11,14-16,22H,8-9,12-13,17-18H2,1-2H3. The SMILES string of the molecule is Cc1cc(C(=O)N2CCC(c3nccn3Cc3nccn3Cc3ccccc3)CC2)oc1C. The van der Waals surface area contributed by atoms with Crippen molar-refractivity contribution in [2.45, 2.75) is 45.7 Å². The highest BCUT2D eigenvalue weighted by Crippen LogP contribution is 2.28. The Morgan fingerprint density at radius 2 is 1.73 bits per heavy atom. The van der Waals surface area contributed by atoms with E-state index in [1.807, 2.05) is 55.7 Å². The molecule has 4 aromatic rings. The van der Waals surface area contributed by atoms with Gasteiger partial charge in [0.15, 0.2) is 5.76 Å². The average molecular weight is 444 g/mol. The molecule has 1 saturated heterocycles. The summed E-state index contributed by atoms with van der Waals surface area (Å²) in [5, 5.41) is 0. The largest absolute Gasteiger partial charge is 0.456 e. The fourth-order valence-corrected chi connectivity index (χ4v) is 4.56. The smallest absolute Gasteiger partial charge is 0.289 e. The lowest BCUT2D eigenvalue weighted by atomic mass is 9.95. The van der Waals surface area contributed by atoms with Crippen molar-refractivity contribution in [3.8, 4) is 0 Å². The Hall–Kier alpha value is -3.61. The molecule has 5 rings (SSSR count). The molecule has 0 saturated carbocycles. The number of rotatable bonds is 6. The molecule has 0 bridgehead atoms. The number of aryl methyl sites for hydroxylation is 2. The molecule has 0 spiro atoms. The molecular formula is C26H29N5O2. The summed E-state index contributed by atoms with van der Waals surface area (Å²) >= 11 is 0. The minimum absolute atomic E-state index is 0.0177. The van der Waals surface area contributed by atoms with Crippen LogP contribution in [-0.2, 0) is 13.1 Å². The van der Waals surface area contributed by atoms with Crippen LogP contribution >= 0.6 is 0 Å². The van der Waals surface area contributed by atoms with Gasteiger partial charge in [0.1, 0.15) is 17.4 Å². The van der Waals surface area contributed by atoms with Crippen LogP contribution in [0.2, 0.25) is 0 Å². The molecular weight excluding hydrogens is 414 g/mol. The summed E-state index contributed by atoms with van der Waals surface area (Å²) in [7, 11) is 0. The topological polar surface area (TPSA) is 69.1 Å². The van der Waals surface area contributed by atoms with Gasteiger partial charge in [0.2, 0.25) is 0 Å². The van der Waals surface area contributed by atoms with Gasteiger partial charge in [-0.2, -0.15) is 0 Å². The van der Waals surface area contributed by atoms with Gasteiger partial charge >= 0.3 is 0 Å². The van der Waals surface area contributed by atoms with E-state index < -0.39 is 0 Å². The third kappa shape index (κ3) is 4.49. The second kappa shape index (κ2) is 9.10. The number of nitrogens with zero attached hydrogens (tertiary/aromatic N) is 5. The van der Waals surface area contributed by atoms with Gasteiger partial charge in [-0.25, -0.2) is 9.97 Å². The Morgan fingerprint density at radius 3 is 2.45 bits per heavy atom. The highest BCUT2D eigenvalue weighted by molar-refractivity contribution is 5.91. The van der Waals surface area contributed by atoms with Crippen molar-refractivity contribution in [2.24, 2.45) is 0 Å². The van der Waals surface area contributed by atoms with Crippen LogP contribution in [0.25, 0.3) is 0 Å². The van der Waals surface area contributed by atoms with Crippen LogP contribution in [0, 0.1) is 13.8 Å². The fraction of sp³-hybridized carbons (Fsp3) is 0.346. The Balaban J connectivity index is 1.24. The summed E-state index contributed by atoms with van der Waals surface area (Å²) in [6.45, 7) is 6.75.